The van der Waals surface area contributed by atoms with Crippen molar-refractivity contribution in [2.45, 2.75) is 12.6 Å². The second-order valence-electron chi connectivity index (χ2n) is 3.99. The van der Waals surface area contributed by atoms with E-state index in [1.54, 1.807) is 0 Å². The van der Waals surface area contributed by atoms with E-state index >= 15 is 0 Å². The van der Waals surface area contributed by atoms with E-state index in [-0.39, 0.29) is 18.7 Å². The Balaban J connectivity index is 2.63. The number of amides is 1. The van der Waals surface area contributed by atoms with Crippen LogP contribution in [0.15, 0.2) is 18.2 Å². The number of rotatable bonds is 6. The maximum Gasteiger partial charge on any atom is 0.418 e. The van der Waals surface area contributed by atoms with Crippen LogP contribution in [0.5, 0.6) is 0 Å². The molecule has 0 bridgehead atoms. The quantitative estimate of drug-likeness (QED) is 0.481. The largest absolute Gasteiger partial charge is 0.418 e. The Labute approximate surface area is 117 Å². The number of hydrogen-bond acceptors (Lipinski definition) is 3. The number of nitrogens with two attached hydrogens (primary N) is 1. The number of halogens is 5. The third-order valence-corrected chi connectivity index (χ3v) is 2.43. The molecule has 118 valence electrons. The number of anilines is 1. The first kappa shape index (κ1) is 17.2. The predicted octanol–water partition coefficient (Wildman–Crippen LogP) is 2.30. The summed E-state index contributed by atoms with van der Waals surface area (Å²) < 4.78 is 65.9. The predicted molar refractivity (Wildman–Crippen MR) is 65.0 cm³/mol. The van der Waals surface area contributed by atoms with E-state index < -0.39 is 36.4 Å². The van der Waals surface area contributed by atoms with Gasteiger partial charge in [0.05, 0.1) is 23.4 Å². The molecule has 0 unspecified atom stereocenters. The Hall–Kier alpha value is -1.90. The number of carbonyl (C=O) groups is 1. The molecule has 0 heterocycles. The van der Waals surface area contributed by atoms with Crippen LogP contribution < -0.4 is 11.1 Å². The summed E-state index contributed by atoms with van der Waals surface area (Å²) >= 11 is 0. The molecule has 1 amide bonds. The summed E-state index contributed by atoms with van der Waals surface area (Å²) in [6, 6.07) is 2.96. The van der Waals surface area contributed by atoms with Crippen molar-refractivity contribution >= 4 is 11.6 Å². The molecule has 0 aromatic heterocycles. The Bertz CT molecular complexity index is 491. The van der Waals surface area contributed by atoms with E-state index in [1.165, 1.54) is 0 Å². The molecule has 0 aliphatic rings. The van der Waals surface area contributed by atoms with Gasteiger partial charge in [0.15, 0.2) is 0 Å². The monoisotopic (exact) mass is 312 g/mol. The number of para-hydroxylation sites is 1. The first-order valence-electron chi connectivity index (χ1n) is 5.83. The van der Waals surface area contributed by atoms with Crippen LogP contribution in [0.1, 0.15) is 15.9 Å². The summed E-state index contributed by atoms with van der Waals surface area (Å²) in [6.07, 6.45) is -7.29. The van der Waals surface area contributed by atoms with Gasteiger partial charge in [-0.25, -0.2) is 8.78 Å². The van der Waals surface area contributed by atoms with Crippen molar-refractivity contribution < 1.29 is 31.5 Å². The molecule has 0 aliphatic heterocycles. The van der Waals surface area contributed by atoms with Crippen LogP contribution in [0.25, 0.3) is 0 Å². The Morgan fingerprint density at radius 1 is 1.33 bits per heavy atom. The number of alkyl halides is 5. The van der Waals surface area contributed by atoms with Crippen LogP contribution in [0, 0.1) is 0 Å². The number of benzene rings is 1. The maximum atomic E-state index is 12.6. The highest BCUT2D eigenvalue weighted by Gasteiger charge is 2.34. The molecule has 1 rings (SSSR count). The lowest BCUT2D eigenvalue weighted by molar-refractivity contribution is -0.136. The zero-order valence-corrected chi connectivity index (χ0v) is 10.7. The van der Waals surface area contributed by atoms with Crippen LogP contribution >= 0.6 is 0 Å². The SMILES string of the molecule is Nc1c(C(=O)NCCOCC(F)F)cccc1C(F)(F)F. The molecular formula is C12H13F5N2O2. The fourth-order valence-electron chi connectivity index (χ4n) is 1.51. The van der Waals surface area contributed by atoms with Crippen LogP contribution in [0.3, 0.4) is 0 Å². The molecule has 21 heavy (non-hydrogen) atoms. The Morgan fingerprint density at radius 2 is 2.00 bits per heavy atom. The van der Waals surface area contributed by atoms with Crippen molar-refractivity contribution in [1.82, 2.24) is 5.32 Å². The van der Waals surface area contributed by atoms with Crippen molar-refractivity contribution in [3.05, 3.63) is 29.3 Å². The van der Waals surface area contributed by atoms with E-state index in [0.717, 1.165) is 18.2 Å². The van der Waals surface area contributed by atoms with Crippen LogP contribution in [-0.2, 0) is 10.9 Å². The normalized spacial score (nSPS) is 11.7. The Morgan fingerprint density at radius 3 is 2.57 bits per heavy atom. The van der Waals surface area contributed by atoms with Gasteiger partial charge in [0.2, 0.25) is 0 Å². The van der Waals surface area contributed by atoms with Crippen LogP contribution in [-0.4, -0.2) is 32.1 Å². The number of hydrogen-bond donors (Lipinski definition) is 2. The third-order valence-electron chi connectivity index (χ3n) is 2.43. The van der Waals surface area contributed by atoms with Crippen LogP contribution in [0.4, 0.5) is 27.6 Å². The standard InChI is InChI=1S/C12H13F5N2O2/c13-9(14)6-21-5-4-19-11(20)7-2-1-3-8(10(7)18)12(15,16)17/h1-3,9H,4-6,18H2,(H,19,20). The Kier molecular flexibility index (Phi) is 5.89. The average Bonchev–Trinajstić information content (AvgIpc) is 2.36. The summed E-state index contributed by atoms with van der Waals surface area (Å²) in [5.41, 5.74) is 3.20. The first-order valence-corrected chi connectivity index (χ1v) is 5.83. The molecule has 0 atom stereocenters. The van der Waals surface area contributed by atoms with Gasteiger partial charge >= 0.3 is 6.18 Å². The molecule has 1 aromatic carbocycles. The highest BCUT2D eigenvalue weighted by molar-refractivity contribution is 5.99. The fourth-order valence-corrected chi connectivity index (χ4v) is 1.51. The average molecular weight is 312 g/mol. The second kappa shape index (κ2) is 7.21. The highest BCUT2D eigenvalue weighted by Crippen LogP contribution is 2.34. The lowest BCUT2D eigenvalue weighted by Gasteiger charge is -2.13. The van der Waals surface area contributed by atoms with E-state index in [9.17, 15) is 26.7 Å². The zero-order valence-electron chi connectivity index (χ0n) is 10.7. The molecule has 0 saturated heterocycles. The molecular weight excluding hydrogens is 299 g/mol. The van der Waals surface area contributed by atoms with E-state index in [4.69, 9.17) is 5.73 Å². The summed E-state index contributed by atoms with van der Waals surface area (Å²) in [6.45, 7) is -1.09. The number of nitrogens with one attached hydrogen (secondary N) is 1. The summed E-state index contributed by atoms with van der Waals surface area (Å²) in [5.74, 6) is -0.834. The van der Waals surface area contributed by atoms with E-state index in [1.807, 2.05) is 0 Å². The lowest BCUT2D eigenvalue weighted by atomic mass is 10.1. The topological polar surface area (TPSA) is 64.4 Å². The van der Waals surface area contributed by atoms with Gasteiger partial charge in [0.25, 0.3) is 12.3 Å². The molecule has 0 spiro atoms. The molecule has 0 fully saturated rings. The number of ether oxygens (including phenoxy) is 1. The molecule has 4 nitrogen and oxygen atoms in total. The maximum absolute atomic E-state index is 12.6. The summed E-state index contributed by atoms with van der Waals surface area (Å²) in [5, 5.41) is 2.24. The van der Waals surface area contributed by atoms with Gasteiger partial charge in [0, 0.05) is 6.54 Å². The highest BCUT2D eigenvalue weighted by atomic mass is 19.4. The van der Waals surface area contributed by atoms with Gasteiger partial charge in [-0.2, -0.15) is 13.2 Å². The minimum atomic E-state index is -4.67. The van der Waals surface area contributed by atoms with Crippen molar-refractivity contribution in [1.29, 1.82) is 0 Å². The van der Waals surface area contributed by atoms with Crippen LogP contribution in [0.2, 0.25) is 0 Å². The number of nitrogen functional groups attached to an aromatic ring is 1. The fraction of sp³-hybridized carbons (Fsp3) is 0.417. The van der Waals surface area contributed by atoms with Gasteiger partial charge in [0.1, 0.15) is 6.61 Å². The van der Waals surface area contributed by atoms with Gasteiger partial charge < -0.3 is 15.8 Å². The molecule has 0 aliphatic carbocycles. The number of carbonyl (C=O) groups excluding carboxylic acids is 1. The lowest BCUT2D eigenvalue weighted by Crippen LogP contribution is -2.29. The second-order valence-corrected chi connectivity index (χ2v) is 3.99. The van der Waals surface area contributed by atoms with Gasteiger partial charge in [-0.05, 0) is 12.1 Å². The molecule has 9 heteroatoms. The third kappa shape index (κ3) is 5.18. The van der Waals surface area contributed by atoms with Gasteiger partial charge in [-0.3, -0.25) is 4.79 Å². The van der Waals surface area contributed by atoms with Gasteiger partial charge in [-0.1, -0.05) is 6.07 Å². The minimum absolute atomic E-state index is 0.124. The van der Waals surface area contributed by atoms with Crippen molar-refractivity contribution in [3.63, 3.8) is 0 Å². The van der Waals surface area contributed by atoms with Crippen molar-refractivity contribution in [2.24, 2.45) is 0 Å². The van der Waals surface area contributed by atoms with Crippen molar-refractivity contribution in [2.75, 3.05) is 25.5 Å². The molecule has 1 aromatic rings. The minimum Gasteiger partial charge on any atom is -0.398 e. The molecule has 0 radical (unpaired) electrons. The molecule has 0 saturated carbocycles. The van der Waals surface area contributed by atoms with Crippen molar-refractivity contribution in [3.8, 4) is 0 Å². The smallest absolute Gasteiger partial charge is 0.398 e. The zero-order chi connectivity index (χ0) is 16.0. The van der Waals surface area contributed by atoms with Gasteiger partial charge in [-0.15, -0.1) is 0 Å². The molecule has 3 N–H and O–H groups in total. The summed E-state index contributed by atoms with van der Waals surface area (Å²) in [4.78, 5) is 11.7. The summed E-state index contributed by atoms with van der Waals surface area (Å²) in [7, 11) is 0. The first-order chi connectivity index (χ1) is 9.73. The van der Waals surface area contributed by atoms with E-state index in [2.05, 4.69) is 10.1 Å². The van der Waals surface area contributed by atoms with E-state index in [0.29, 0.717) is 0 Å².